The number of hydrogen-bond donors (Lipinski definition) is 0. The minimum Gasteiger partial charge on any atom is -0.161 e. The fourth-order valence-electron chi connectivity index (χ4n) is 0.999. The molecule has 1 rings (SSSR count). The predicted octanol–water partition coefficient (Wildman–Crippen LogP) is 4.16. The zero-order valence-corrected chi connectivity index (χ0v) is 9.10. The van der Waals surface area contributed by atoms with Gasteiger partial charge in [-0.15, -0.1) is 0 Å². The summed E-state index contributed by atoms with van der Waals surface area (Å²) < 4.78 is 36.0. The first-order valence-corrected chi connectivity index (χ1v) is 6.06. The monoisotopic (exact) mass is 238 g/mol. The Hall–Kier alpha value is -0.290. The van der Waals surface area contributed by atoms with Crippen molar-refractivity contribution < 1.29 is 13.2 Å². The van der Waals surface area contributed by atoms with Crippen LogP contribution in [0, 0.1) is 0 Å². The lowest BCUT2D eigenvalue weighted by Crippen LogP contribution is -1.99. The van der Waals surface area contributed by atoms with Gasteiger partial charge in [0.05, 0.1) is 0 Å². The summed E-state index contributed by atoms with van der Waals surface area (Å²) in [5, 5.41) is 0. The lowest BCUT2D eigenvalue weighted by atomic mass is 10.2. The van der Waals surface area contributed by atoms with Crippen LogP contribution >= 0.6 is 23.5 Å². The second-order valence-corrected chi connectivity index (χ2v) is 4.63. The van der Waals surface area contributed by atoms with Gasteiger partial charge in [-0.1, -0.05) is 12.1 Å². The number of rotatable bonds is 3. The van der Waals surface area contributed by atoms with Crippen LogP contribution in [-0.4, -0.2) is 11.8 Å². The van der Waals surface area contributed by atoms with Crippen LogP contribution in [0.15, 0.2) is 29.2 Å². The van der Waals surface area contributed by atoms with E-state index in [1.165, 1.54) is 6.07 Å². The summed E-state index contributed by atoms with van der Waals surface area (Å²) >= 11 is 1.52. The fourth-order valence-corrected chi connectivity index (χ4v) is 2.14. The van der Waals surface area contributed by atoms with Crippen molar-refractivity contribution in [1.29, 1.82) is 0 Å². The average molecular weight is 238 g/mol. The van der Waals surface area contributed by atoms with Crippen LogP contribution < -0.4 is 0 Å². The van der Waals surface area contributed by atoms with Crippen LogP contribution in [0.1, 0.15) is 5.56 Å². The molecule has 0 saturated heterocycles. The normalized spacial score (nSPS) is 11.7. The summed E-state index contributed by atoms with van der Waals surface area (Å²) in [6.07, 6.45) is 1.92. The molecule has 0 fully saturated rings. The maximum Gasteiger partial charge on any atom is 0.446 e. The molecule has 0 aliphatic carbocycles. The molecule has 78 valence electrons. The van der Waals surface area contributed by atoms with Gasteiger partial charge >= 0.3 is 5.51 Å². The maximum atomic E-state index is 12.0. The van der Waals surface area contributed by atoms with Crippen LogP contribution in [-0.2, 0) is 5.75 Å². The molecule has 0 saturated carbocycles. The summed E-state index contributed by atoms with van der Waals surface area (Å²) in [7, 11) is 0. The largest absolute Gasteiger partial charge is 0.446 e. The molecular formula is C9H9F3S2. The Morgan fingerprint density at radius 1 is 1.29 bits per heavy atom. The summed E-state index contributed by atoms with van der Waals surface area (Å²) in [4.78, 5) is 0.254. The molecule has 0 aliphatic rings. The molecule has 0 bridgehead atoms. The quantitative estimate of drug-likeness (QED) is 0.725. The zero-order chi connectivity index (χ0) is 10.6. The van der Waals surface area contributed by atoms with Gasteiger partial charge in [-0.2, -0.15) is 24.9 Å². The molecule has 5 heteroatoms. The molecule has 0 N–H and O–H groups in total. The van der Waals surface area contributed by atoms with E-state index in [1.54, 1.807) is 23.9 Å². The molecule has 0 aromatic heterocycles. The van der Waals surface area contributed by atoms with Crippen molar-refractivity contribution in [3.05, 3.63) is 29.8 Å². The van der Waals surface area contributed by atoms with E-state index in [0.29, 0.717) is 0 Å². The SMILES string of the molecule is CSCc1cccc(SC(F)(F)F)c1. The van der Waals surface area contributed by atoms with Gasteiger partial charge in [0, 0.05) is 10.6 Å². The first-order valence-electron chi connectivity index (χ1n) is 3.85. The van der Waals surface area contributed by atoms with Crippen molar-refractivity contribution in [2.24, 2.45) is 0 Å². The van der Waals surface area contributed by atoms with Gasteiger partial charge in [0.2, 0.25) is 0 Å². The van der Waals surface area contributed by atoms with Crippen LogP contribution in [0.3, 0.4) is 0 Å². The Balaban J connectivity index is 2.73. The van der Waals surface area contributed by atoms with E-state index in [9.17, 15) is 13.2 Å². The van der Waals surface area contributed by atoms with Crippen molar-refractivity contribution in [2.45, 2.75) is 16.2 Å². The van der Waals surface area contributed by atoms with Gasteiger partial charge < -0.3 is 0 Å². The lowest BCUT2D eigenvalue weighted by molar-refractivity contribution is -0.0328. The van der Waals surface area contributed by atoms with Crippen LogP contribution in [0.25, 0.3) is 0 Å². The van der Waals surface area contributed by atoms with Gasteiger partial charge in [0.1, 0.15) is 0 Å². The number of halogens is 3. The van der Waals surface area contributed by atoms with Crippen molar-refractivity contribution in [2.75, 3.05) is 6.26 Å². The Morgan fingerprint density at radius 2 is 2.00 bits per heavy atom. The third kappa shape index (κ3) is 4.28. The van der Waals surface area contributed by atoms with Crippen LogP contribution in [0.4, 0.5) is 13.2 Å². The Labute approximate surface area is 89.3 Å². The van der Waals surface area contributed by atoms with E-state index in [2.05, 4.69) is 0 Å². The van der Waals surface area contributed by atoms with Crippen molar-refractivity contribution >= 4 is 23.5 Å². The highest BCUT2D eigenvalue weighted by Gasteiger charge is 2.29. The lowest BCUT2D eigenvalue weighted by Gasteiger charge is -2.06. The van der Waals surface area contributed by atoms with Gasteiger partial charge in [0.15, 0.2) is 0 Å². The smallest absolute Gasteiger partial charge is 0.161 e. The number of hydrogen-bond acceptors (Lipinski definition) is 2. The highest BCUT2D eigenvalue weighted by atomic mass is 32.2. The molecule has 14 heavy (non-hydrogen) atoms. The van der Waals surface area contributed by atoms with E-state index < -0.39 is 5.51 Å². The summed E-state index contributed by atoms with van der Waals surface area (Å²) in [5.74, 6) is 0.742. The first kappa shape index (κ1) is 11.8. The molecular weight excluding hydrogens is 229 g/mol. The van der Waals surface area contributed by atoms with E-state index in [4.69, 9.17) is 0 Å². The van der Waals surface area contributed by atoms with E-state index in [1.807, 2.05) is 12.3 Å². The zero-order valence-electron chi connectivity index (χ0n) is 7.47. The van der Waals surface area contributed by atoms with Gasteiger partial charge in [0.25, 0.3) is 0 Å². The first-order chi connectivity index (χ1) is 6.51. The Kier molecular flexibility index (Phi) is 4.19. The molecule has 0 heterocycles. The van der Waals surface area contributed by atoms with Crippen molar-refractivity contribution in [3.63, 3.8) is 0 Å². The molecule has 0 atom stereocenters. The minimum absolute atomic E-state index is 0.0685. The molecule has 0 unspecified atom stereocenters. The predicted molar refractivity (Wildman–Crippen MR) is 55.6 cm³/mol. The number of thioether (sulfide) groups is 2. The summed E-state index contributed by atoms with van der Waals surface area (Å²) in [6, 6.07) is 6.53. The molecule has 0 nitrogen and oxygen atoms in total. The second-order valence-electron chi connectivity index (χ2n) is 2.63. The highest BCUT2D eigenvalue weighted by Crippen LogP contribution is 2.37. The third-order valence-electron chi connectivity index (χ3n) is 1.44. The molecule has 0 amide bonds. The molecule has 0 aliphatic heterocycles. The highest BCUT2D eigenvalue weighted by molar-refractivity contribution is 8.00. The maximum absolute atomic E-state index is 12.0. The fraction of sp³-hybridized carbons (Fsp3) is 0.333. The van der Waals surface area contributed by atoms with Gasteiger partial charge in [-0.25, -0.2) is 0 Å². The second kappa shape index (κ2) is 4.98. The average Bonchev–Trinajstić information content (AvgIpc) is 2.02. The van der Waals surface area contributed by atoms with Crippen LogP contribution in [0.2, 0.25) is 0 Å². The molecule has 1 aromatic rings. The minimum atomic E-state index is -4.20. The van der Waals surface area contributed by atoms with Crippen LogP contribution in [0.5, 0.6) is 0 Å². The van der Waals surface area contributed by atoms with Gasteiger partial charge in [-0.3, -0.25) is 0 Å². The summed E-state index contributed by atoms with van der Waals surface area (Å²) in [6.45, 7) is 0. The van der Waals surface area contributed by atoms with Crippen molar-refractivity contribution in [3.8, 4) is 0 Å². The Morgan fingerprint density at radius 3 is 2.57 bits per heavy atom. The van der Waals surface area contributed by atoms with E-state index >= 15 is 0 Å². The number of alkyl halides is 3. The van der Waals surface area contributed by atoms with E-state index in [0.717, 1.165) is 11.3 Å². The molecule has 0 spiro atoms. The van der Waals surface area contributed by atoms with E-state index in [-0.39, 0.29) is 16.7 Å². The summed E-state index contributed by atoms with van der Waals surface area (Å²) in [5.41, 5.74) is -3.27. The molecule has 1 aromatic carbocycles. The number of benzene rings is 1. The van der Waals surface area contributed by atoms with Crippen molar-refractivity contribution in [1.82, 2.24) is 0 Å². The Bertz CT molecular complexity index is 296. The molecule has 0 radical (unpaired) electrons. The third-order valence-corrected chi connectivity index (χ3v) is 2.79. The standard InChI is InChI=1S/C9H9F3S2/c1-13-6-7-3-2-4-8(5-7)14-9(10,11)12/h2-5H,6H2,1H3. The van der Waals surface area contributed by atoms with Gasteiger partial charge in [-0.05, 0) is 35.7 Å². The topological polar surface area (TPSA) is 0 Å².